The number of amides is 1. The molecule has 392 valence electrons. The molecule has 3 aliphatic rings. The van der Waals surface area contributed by atoms with Gasteiger partial charge in [-0.3, -0.25) is 9.79 Å². The predicted molar refractivity (Wildman–Crippen MR) is 329 cm³/mol. The van der Waals surface area contributed by atoms with E-state index >= 15 is 0 Å². The van der Waals surface area contributed by atoms with Gasteiger partial charge in [-0.05, 0) is 203 Å². The number of benzene rings is 4. The highest BCUT2D eigenvalue weighted by atomic mass is 16.1. The molecule has 77 heavy (non-hydrogen) atoms. The van der Waals surface area contributed by atoms with Crippen molar-refractivity contribution in [3.63, 3.8) is 0 Å². The monoisotopic (exact) mass is 1020 g/mol. The maximum atomic E-state index is 13.8. The fourth-order valence-corrected chi connectivity index (χ4v) is 10.3. The van der Waals surface area contributed by atoms with Crippen LogP contribution in [-0.2, 0) is 4.79 Å². The molecule has 0 atom stereocenters. The van der Waals surface area contributed by atoms with E-state index in [1.807, 2.05) is 94.8 Å². The van der Waals surface area contributed by atoms with Crippen LogP contribution >= 0.6 is 0 Å². The first kappa shape index (κ1) is 54.9. The number of nitrogens with one attached hydrogen (secondary N) is 3. The predicted octanol–water partition coefficient (Wildman–Crippen LogP) is 15.6. The number of aliphatic imine (C=N–C) groups is 6. The number of carbonyl (C=O) groups is 1. The minimum atomic E-state index is -0.218. The number of rotatable bonds is 11. The molecule has 3 N–H and O–H groups in total. The molecule has 1 amide bonds. The molecular formula is C67H73N9O. The van der Waals surface area contributed by atoms with E-state index < -0.39 is 0 Å². The van der Waals surface area contributed by atoms with Crippen LogP contribution in [0.5, 0.6) is 0 Å². The number of amidine groups is 5. The van der Waals surface area contributed by atoms with E-state index in [2.05, 4.69) is 148 Å². The molecule has 0 unspecified atom stereocenters. The van der Waals surface area contributed by atoms with Crippen molar-refractivity contribution in [3.05, 3.63) is 214 Å². The molecule has 0 radical (unpaired) electrons. The Balaban J connectivity index is 1.18. The highest BCUT2D eigenvalue weighted by Crippen LogP contribution is 2.41. The van der Waals surface area contributed by atoms with Gasteiger partial charge in [0.1, 0.15) is 23.3 Å². The molecule has 0 spiro atoms. The smallest absolute Gasteiger partial charge is 0.251 e. The first-order chi connectivity index (χ1) is 36.7. The molecule has 4 aromatic carbocycles. The van der Waals surface area contributed by atoms with Crippen molar-refractivity contribution < 1.29 is 4.79 Å². The zero-order chi connectivity index (χ0) is 55.7. The van der Waals surface area contributed by atoms with E-state index in [0.717, 1.165) is 83.7 Å². The lowest BCUT2D eigenvalue weighted by Gasteiger charge is -2.16. The van der Waals surface area contributed by atoms with E-state index in [0.29, 0.717) is 40.4 Å². The minimum Gasteiger partial charge on any atom is -0.324 e. The zero-order valence-electron chi connectivity index (χ0n) is 48.3. The average molecular weight is 1020 g/mol. The number of aromatic nitrogens is 1. The maximum Gasteiger partial charge on any atom is 0.251 e. The normalized spacial score (nSPS) is 17.1. The Morgan fingerprint density at radius 2 is 1.04 bits per heavy atom. The fraction of sp³-hybridized carbons (Fsp3) is 0.269. The molecule has 10 heteroatoms. The van der Waals surface area contributed by atoms with Crippen LogP contribution in [0.15, 0.2) is 143 Å². The number of hydrogen-bond acceptors (Lipinski definition) is 5. The molecule has 5 aromatic rings. The second-order valence-electron chi connectivity index (χ2n) is 20.7. The van der Waals surface area contributed by atoms with Crippen molar-refractivity contribution in [2.45, 2.75) is 118 Å². The van der Waals surface area contributed by atoms with Gasteiger partial charge in [-0.15, -0.1) is 0 Å². The van der Waals surface area contributed by atoms with Crippen LogP contribution in [0.3, 0.4) is 0 Å². The lowest BCUT2D eigenvalue weighted by Crippen LogP contribution is -2.24. The van der Waals surface area contributed by atoms with Gasteiger partial charge in [-0.2, -0.15) is 0 Å². The lowest BCUT2D eigenvalue weighted by atomic mass is 9.89. The summed E-state index contributed by atoms with van der Waals surface area (Å²) in [4.78, 5) is 48.3. The molecule has 3 aliphatic heterocycles. The third kappa shape index (κ3) is 10.6. The van der Waals surface area contributed by atoms with Crippen molar-refractivity contribution >= 4 is 69.4 Å². The fourth-order valence-electron chi connectivity index (χ4n) is 10.3. The quantitative estimate of drug-likeness (QED) is 0.0899. The second kappa shape index (κ2) is 22.5. The molecular weight excluding hydrogens is 947 g/mol. The number of carbonyl (C=O) groups excluding carboxylic acids is 1. The number of aromatic amines is 1. The van der Waals surface area contributed by atoms with Gasteiger partial charge in [-0.25, -0.2) is 25.0 Å². The van der Waals surface area contributed by atoms with Gasteiger partial charge in [0.05, 0.1) is 0 Å². The van der Waals surface area contributed by atoms with Crippen molar-refractivity contribution in [2.24, 2.45) is 30.0 Å². The van der Waals surface area contributed by atoms with Crippen LogP contribution < -0.4 is 10.6 Å². The molecule has 1 aromatic heterocycles. The Kier molecular flexibility index (Phi) is 16.0. The van der Waals surface area contributed by atoms with Gasteiger partial charge in [0, 0.05) is 68.7 Å². The van der Waals surface area contributed by atoms with Crippen LogP contribution in [0.1, 0.15) is 135 Å². The van der Waals surface area contributed by atoms with E-state index in [-0.39, 0.29) is 5.91 Å². The lowest BCUT2D eigenvalue weighted by molar-refractivity contribution is -0.112. The summed E-state index contributed by atoms with van der Waals surface area (Å²) in [6.07, 6.45) is 26.1. The molecule has 0 bridgehead atoms. The second-order valence-corrected chi connectivity index (χ2v) is 20.7. The summed E-state index contributed by atoms with van der Waals surface area (Å²) < 4.78 is 0. The summed E-state index contributed by atoms with van der Waals surface area (Å²) in [6.45, 7) is 35.9. The SMILES string of the molecule is C/C=C/C(C)=C/C=C/C(C)=C/C=C/C=C(C)/C=C/C=C(\C)C(=O)Nc1ccc2c(N=C3N=C(N=C4NC(=NC)c5c(C)c(C)c(C)c(C)c54)c4c(C)c(C)c(C)c(C)c43)[nH]c(N=C3N=Cc4c(C)c(C)c(C)c(C)c43)c2c1. The van der Waals surface area contributed by atoms with Crippen molar-refractivity contribution in [3.8, 4) is 0 Å². The largest absolute Gasteiger partial charge is 0.324 e. The third-order valence-electron chi connectivity index (χ3n) is 16.0. The summed E-state index contributed by atoms with van der Waals surface area (Å²) in [5.74, 6) is 4.20. The first-order valence-corrected chi connectivity index (χ1v) is 26.4. The molecule has 0 fully saturated rings. The highest BCUT2D eigenvalue weighted by Gasteiger charge is 2.34. The number of fused-ring (bicyclic) bond motifs is 4. The number of anilines is 1. The summed E-state index contributed by atoms with van der Waals surface area (Å²) in [7, 11) is 1.81. The van der Waals surface area contributed by atoms with Crippen LogP contribution in [0.2, 0.25) is 0 Å². The Hall–Kier alpha value is -8.37. The molecule has 10 nitrogen and oxygen atoms in total. The van der Waals surface area contributed by atoms with Gasteiger partial charge in [0.2, 0.25) is 0 Å². The Morgan fingerprint density at radius 1 is 0.532 bits per heavy atom. The van der Waals surface area contributed by atoms with Gasteiger partial charge >= 0.3 is 0 Å². The Labute approximate surface area is 456 Å². The van der Waals surface area contributed by atoms with Crippen LogP contribution in [0.25, 0.3) is 10.8 Å². The molecule has 8 rings (SSSR count). The van der Waals surface area contributed by atoms with E-state index in [9.17, 15) is 4.79 Å². The topological polar surface area (TPSA) is 131 Å². The number of H-pyrrole nitrogens is 1. The van der Waals surface area contributed by atoms with Crippen LogP contribution in [0.4, 0.5) is 17.3 Å². The zero-order valence-corrected chi connectivity index (χ0v) is 48.3. The van der Waals surface area contributed by atoms with E-state index in [1.54, 1.807) is 0 Å². The van der Waals surface area contributed by atoms with Gasteiger partial charge in [0.25, 0.3) is 5.91 Å². The minimum absolute atomic E-state index is 0.218. The third-order valence-corrected chi connectivity index (χ3v) is 16.0. The summed E-state index contributed by atoms with van der Waals surface area (Å²) >= 11 is 0. The van der Waals surface area contributed by atoms with E-state index in [1.165, 1.54) is 55.6 Å². The van der Waals surface area contributed by atoms with Crippen LogP contribution in [0, 0.1) is 83.1 Å². The summed E-state index contributed by atoms with van der Waals surface area (Å²) in [6, 6.07) is 5.84. The number of allylic oxidation sites excluding steroid dienone is 15. The van der Waals surface area contributed by atoms with E-state index in [4.69, 9.17) is 25.0 Å². The van der Waals surface area contributed by atoms with Gasteiger partial charge in [0.15, 0.2) is 17.5 Å². The van der Waals surface area contributed by atoms with Crippen molar-refractivity contribution in [1.82, 2.24) is 10.3 Å². The Morgan fingerprint density at radius 3 is 1.65 bits per heavy atom. The number of hydrogen-bond donors (Lipinski definition) is 3. The Bertz CT molecular complexity index is 3820. The van der Waals surface area contributed by atoms with Gasteiger partial charge in [-0.1, -0.05) is 89.6 Å². The first-order valence-electron chi connectivity index (χ1n) is 26.4. The van der Waals surface area contributed by atoms with Crippen LogP contribution in [-0.4, -0.2) is 53.3 Å². The van der Waals surface area contributed by atoms with Crippen molar-refractivity contribution in [1.29, 1.82) is 0 Å². The average Bonchev–Trinajstić information content (AvgIpc) is 4.19. The van der Waals surface area contributed by atoms with Crippen molar-refractivity contribution in [2.75, 3.05) is 12.4 Å². The maximum absolute atomic E-state index is 13.8. The molecule has 4 heterocycles. The summed E-state index contributed by atoms with van der Waals surface area (Å²) in [5, 5.41) is 8.30. The van der Waals surface area contributed by atoms with Gasteiger partial charge < -0.3 is 15.6 Å². The molecule has 0 aliphatic carbocycles. The molecule has 0 saturated carbocycles. The molecule has 0 saturated heterocycles. The number of nitrogens with zero attached hydrogens (tertiary/aromatic N) is 6. The summed E-state index contributed by atoms with van der Waals surface area (Å²) in [5.41, 5.74) is 24.9. The standard InChI is InChI=1S/C67H73N9O/c1-19-24-35(2)27-22-28-36(3)25-20-21-26-37(4)29-23-30-38(5)67(77)70-51-31-32-52-53(33-51)61(72-63-55-46(13)40(7)39(6)45(12)54(55)34-69-63)71-60(52)73-64-58-49(16)43(10)44(11)50(17)59(58)66(75-64)76-65-57-48(15)42(9)41(8)47(14)56(57)62(68-18)74-65/h19-34,71H,1-18H3,(H,70,77)(H,68,73,74,75,76)/b21-20+,24-19+,28-22+,29-23+,35-27+,36-25+,37-26+,38-30+,72-63?. The highest BCUT2D eigenvalue weighted by molar-refractivity contribution is 6.32.